The Morgan fingerprint density at radius 3 is 2.95 bits per heavy atom. The van der Waals surface area contributed by atoms with Gasteiger partial charge in [0.1, 0.15) is 5.69 Å². The lowest BCUT2D eigenvalue weighted by molar-refractivity contribution is 0.0941. The number of nitrogens with one attached hydrogen (secondary N) is 1. The molecule has 2 aromatic heterocycles. The number of amides is 1. The third kappa shape index (κ3) is 3.12. The fourth-order valence-corrected chi connectivity index (χ4v) is 1.85. The zero-order chi connectivity index (χ0) is 13.8. The molecule has 0 atom stereocenters. The quantitative estimate of drug-likeness (QED) is 0.817. The summed E-state index contributed by atoms with van der Waals surface area (Å²) in [5.74, 6) is -0.123. The maximum Gasteiger partial charge on any atom is 0.269 e. The summed E-state index contributed by atoms with van der Waals surface area (Å²) in [6.07, 6.45) is 3.31. The number of hydrogen-bond acceptors (Lipinski definition) is 4. The van der Waals surface area contributed by atoms with Gasteiger partial charge in [-0.1, -0.05) is 0 Å². The Labute approximate surface area is 111 Å². The molecule has 7 nitrogen and oxygen atoms in total. The van der Waals surface area contributed by atoms with Crippen LogP contribution >= 0.6 is 0 Å². The highest BCUT2D eigenvalue weighted by atomic mass is 16.2. The predicted molar refractivity (Wildman–Crippen MR) is 71.6 cm³/mol. The summed E-state index contributed by atoms with van der Waals surface area (Å²) in [7, 11) is 0. The lowest BCUT2D eigenvalue weighted by atomic mass is 10.3. The number of nitrogen functional groups attached to an aromatic ring is 1. The second kappa shape index (κ2) is 5.55. The minimum atomic E-state index is -0.123. The van der Waals surface area contributed by atoms with Crippen LogP contribution in [0.25, 0.3) is 0 Å². The number of rotatable bonds is 5. The van der Waals surface area contributed by atoms with Crippen LogP contribution in [0.3, 0.4) is 0 Å². The van der Waals surface area contributed by atoms with Crippen molar-refractivity contribution >= 4 is 11.6 Å². The molecule has 0 aliphatic rings. The number of hydrogen-bond donors (Lipinski definition) is 2. The molecule has 3 N–H and O–H groups in total. The first kappa shape index (κ1) is 13.1. The Balaban J connectivity index is 1.90. The summed E-state index contributed by atoms with van der Waals surface area (Å²) >= 11 is 0. The number of aromatic nitrogens is 4. The molecular weight excluding hydrogens is 244 g/mol. The molecule has 19 heavy (non-hydrogen) atoms. The van der Waals surface area contributed by atoms with Gasteiger partial charge in [-0.3, -0.25) is 14.2 Å². The van der Waals surface area contributed by atoms with Crippen molar-refractivity contribution in [3.05, 3.63) is 29.8 Å². The molecule has 0 radical (unpaired) electrons. The van der Waals surface area contributed by atoms with Gasteiger partial charge in [-0.05, 0) is 19.9 Å². The Morgan fingerprint density at radius 1 is 1.53 bits per heavy atom. The van der Waals surface area contributed by atoms with Gasteiger partial charge in [0, 0.05) is 19.3 Å². The number of carbonyl (C=O) groups excluding carboxylic acids is 1. The van der Waals surface area contributed by atoms with Crippen LogP contribution in [0.5, 0.6) is 0 Å². The van der Waals surface area contributed by atoms with E-state index in [0.29, 0.717) is 31.0 Å². The summed E-state index contributed by atoms with van der Waals surface area (Å²) < 4.78 is 3.38. The predicted octanol–water partition coefficient (Wildman–Crippen LogP) is 0.420. The summed E-state index contributed by atoms with van der Waals surface area (Å²) in [6, 6.07) is 1.78. The lowest BCUT2D eigenvalue weighted by Gasteiger charge is -2.06. The minimum Gasteiger partial charge on any atom is -0.396 e. The Kier molecular flexibility index (Phi) is 3.84. The highest BCUT2D eigenvalue weighted by molar-refractivity contribution is 5.92. The molecule has 0 aromatic carbocycles. The van der Waals surface area contributed by atoms with Crippen LogP contribution in [0.1, 0.15) is 23.1 Å². The first-order valence-corrected chi connectivity index (χ1v) is 6.20. The van der Waals surface area contributed by atoms with E-state index < -0.39 is 0 Å². The van der Waals surface area contributed by atoms with Crippen LogP contribution < -0.4 is 11.1 Å². The molecular formula is C12H18N6O. The SMILES string of the molecule is CCn1nc(C)cc1C(=O)NCCn1cc(N)cn1. The van der Waals surface area contributed by atoms with Gasteiger partial charge in [-0.2, -0.15) is 10.2 Å². The summed E-state index contributed by atoms with van der Waals surface area (Å²) in [6.45, 7) is 5.58. The van der Waals surface area contributed by atoms with Crippen molar-refractivity contribution in [2.45, 2.75) is 26.9 Å². The van der Waals surface area contributed by atoms with E-state index in [-0.39, 0.29) is 5.91 Å². The van der Waals surface area contributed by atoms with Gasteiger partial charge in [0.15, 0.2) is 0 Å². The summed E-state index contributed by atoms with van der Waals surface area (Å²) in [5.41, 5.74) is 7.60. The maximum atomic E-state index is 12.0. The molecule has 0 bridgehead atoms. The van der Waals surface area contributed by atoms with Gasteiger partial charge in [0.2, 0.25) is 0 Å². The molecule has 2 heterocycles. The van der Waals surface area contributed by atoms with Gasteiger partial charge < -0.3 is 11.1 Å². The van der Waals surface area contributed by atoms with E-state index in [0.717, 1.165) is 5.69 Å². The van der Waals surface area contributed by atoms with Crippen molar-refractivity contribution in [1.29, 1.82) is 0 Å². The largest absolute Gasteiger partial charge is 0.396 e. The van der Waals surface area contributed by atoms with Crippen molar-refractivity contribution in [2.24, 2.45) is 0 Å². The minimum absolute atomic E-state index is 0.123. The zero-order valence-electron chi connectivity index (χ0n) is 11.1. The van der Waals surface area contributed by atoms with Crippen LogP contribution in [0.15, 0.2) is 18.5 Å². The molecule has 0 saturated carbocycles. The van der Waals surface area contributed by atoms with E-state index >= 15 is 0 Å². The van der Waals surface area contributed by atoms with Gasteiger partial charge in [-0.25, -0.2) is 0 Å². The van der Waals surface area contributed by atoms with Crippen molar-refractivity contribution in [2.75, 3.05) is 12.3 Å². The van der Waals surface area contributed by atoms with Gasteiger partial charge in [0.05, 0.1) is 24.1 Å². The first-order valence-electron chi connectivity index (χ1n) is 6.20. The van der Waals surface area contributed by atoms with E-state index in [4.69, 9.17) is 5.73 Å². The molecule has 2 aromatic rings. The van der Waals surface area contributed by atoms with Crippen LogP contribution in [-0.4, -0.2) is 32.0 Å². The monoisotopic (exact) mass is 262 g/mol. The van der Waals surface area contributed by atoms with Crippen molar-refractivity contribution in [3.8, 4) is 0 Å². The number of nitrogens with zero attached hydrogens (tertiary/aromatic N) is 4. The molecule has 1 amide bonds. The van der Waals surface area contributed by atoms with E-state index in [1.807, 2.05) is 13.8 Å². The van der Waals surface area contributed by atoms with E-state index in [2.05, 4.69) is 15.5 Å². The lowest BCUT2D eigenvalue weighted by Crippen LogP contribution is -2.29. The molecule has 7 heteroatoms. The number of nitrogens with two attached hydrogens (primary N) is 1. The molecule has 0 fully saturated rings. The van der Waals surface area contributed by atoms with Gasteiger partial charge in [0.25, 0.3) is 5.91 Å². The van der Waals surface area contributed by atoms with Crippen LogP contribution in [0.2, 0.25) is 0 Å². The maximum absolute atomic E-state index is 12.0. The van der Waals surface area contributed by atoms with Crippen LogP contribution in [0.4, 0.5) is 5.69 Å². The molecule has 0 spiro atoms. The number of aryl methyl sites for hydroxylation is 2. The average Bonchev–Trinajstić information content (AvgIpc) is 2.95. The van der Waals surface area contributed by atoms with Crippen LogP contribution in [0, 0.1) is 6.92 Å². The second-order valence-electron chi connectivity index (χ2n) is 4.28. The number of carbonyl (C=O) groups is 1. The smallest absolute Gasteiger partial charge is 0.269 e. The summed E-state index contributed by atoms with van der Waals surface area (Å²) in [5, 5.41) is 11.1. The standard InChI is InChI=1S/C12H18N6O/c1-3-18-11(6-9(2)16-18)12(19)14-4-5-17-8-10(13)7-15-17/h6-8H,3-5,13H2,1-2H3,(H,14,19). The number of anilines is 1. The first-order chi connectivity index (χ1) is 9.10. The van der Waals surface area contributed by atoms with Crippen molar-refractivity contribution in [3.63, 3.8) is 0 Å². The molecule has 0 saturated heterocycles. The van der Waals surface area contributed by atoms with E-state index in [9.17, 15) is 4.79 Å². The second-order valence-corrected chi connectivity index (χ2v) is 4.28. The normalized spacial score (nSPS) is 10.6. The fraction of sp³-hybridized carbons (Fsp3) is 0.417. The topological polar surface area (TPSA) is 90.8 Å². The van der Waals surface area contributed by atoms with Crippen molar-refractivity contribution in [1.82, 2.24) is 24.9 Å². The highest BCUT2D eigenvalue weighted by Crippen LogP contribution is 2.03. The zero-order valence-corrected chi connectivity index (χ0v) is 11.1. The van der Waals surface area contributed by atoms with Crippen LogP contribution in [-0.2, 0) is 13.1 Å². The Hall–Kier alpha value is -2.31. The third-order valence-corrected chi connectivity index (χ3v) is 2.71. The van der Waals surface area contributed by atoms with Gasteiger partial charge >= 0.3 is 0 Å². The molecule has 0 aliphatic heterocycles. The average molecular weight is 262 g/mol. The molecule has 2 rings (SSSR count). The van der Waals surface area contributed by atoms with E-state index in [1.54, 1.807) is 27.8 Å². The Bertz CT molecular complexity index is 571. The van der Waals surface area contributed by atoms with Crippen molar-refractivity contribution < 1.29 is 4.79 Å². The fourth-order valence-electron chi connectivity index (χ4n) is 1.85. The molecule has 0 unspecified atom stereocenters. The Morgan fingerprint density at radius 2 is 2.32 bits per heavy atom. The van der Waals surface area contributed by atoms with Gasteiger partial charge in [-0.15, -0.1) is 0 Å². The summed E-state index contributed by atoms with van der Waals surface area (Å²) in [4.78, 5) is 12.0. The molecule has 0 aliphatic carbocycles. The van der Waals surface area contributed by atoms with E-state index in [1.165, 1.54) is 0 Å². The third-order valence-electron chi connectivity index (χ3n) is 2.71. The molecule has 102 valence electrons. The highest BCUT2D eigenvalue weighted by Gasteiger charge is 2.12.